The zero-order valence-electron chi connectivity index (χ0n) is 11.4. The molecule has 0 spiro atoms. The van der Waals surface area contributed by atoms with Crippen molar-refractivity contribution < 1.29 is 0 Å². The Labute approximate surface area is 128 Å². The van der Waals surface area contributed by atoms with Crippen LogP contribution in [0.5, 0.6) is 0 Å². The first-order chi connectivity index (χ1) is 9.02. The largest absolute Gasteiger partial charge is 0.344 e. The van der Waals surface area contributed by atoms with Gasteiger partial charge >= 0.3 is 0 Å². The summed E-state index contributed by atoms with van der Waals surface area (Å²) in [5.74, 6) is 0.512. The second-order valence-corrected chi connectivity index (χ2v) is 5.94. The van der Waals surface area contributed by atoms with E-state index >= 15 is 0 Å². The fourth-order valence-corrected chi connectivity index (χ4v) is 2.85. The first kappa shape index (κ1) is 14.4. The van der Waals surface area contributed by atoms with Gasteiger partial charge in [-0.1, -0.05) is 39.7 Å². The molecule has 0 aliphatic carbocycles. The van der Waals surface area contributed by atoms with Crippen LogP contribution < -0.4 is 4.90 Å². The maximum Gasteiger partial charge on any atom is 0.0494 e. The molecule has 0 unspecified atom stereocenters. The molecule has 0 bridgehead atoms. The Morgan fingerprint density at radius 1 is 1.05 bits per heavy atom. The second-order valence-electron chi connectivity index (χ2n) is 4.76. The number of benzene rings is 2. The highest BCUT2D eigenvalue weighted by Gasteiger charge is 2.11. The van der Waals surface area contributed by atoms with E-state index in [1.165, 1.54) is 16.8 Å². The van der Waals surface area contributed by atoms with E-state index in [0.717, 1.165) is 15.7 Å². The maximum atomic E-state index is 6.04. The van der Waals surface area contributed by atoms with E-state index in [1.54, 1.807) is 0 Å². The fraction of sp³-hybridized carbons (Fsp3) is 0.250. The summed E-state index contributed by atoms with van der Waals surface area (Å²) in [4.78, 5) is 2.19. The first-order valence-corrected chi connectivity index (χ1v) is 7.51. The molecule has 0 N–H and O–H groups in total. The van der Waals surface area contributed by atoms with Crippen molar-refractivity contribution in [3.8, 4) is 0 Å². The highest BCUT2D eigenvalue weighted by atomic mass is 79.9. The SMILES string of the molecule is Cc1ccc(N(C)c2cc(Br)ccc2CCl)c(C)c1. The number of hydrogen-bond donors (Lipinski definition) is 0. The van der Waals surface area contributed by atoms with E-state index in [4.69, 9.17) is 11.6 Å². The predicted molar refractivity (Wildman–Crippen MR) is 87.7 cm³/mol. The van der Waals surface area contributed by atoms with E-state index in [1.807, 2.05) is 6.07 Å². The molecular formula is C16H17BrClN. The van der Waals surface area contributed by atoms with Gasteiger partial charge < -0.3 is 4.90 Å². The number of anilines is 2. The highest BCUT2D eigenvalue weighted by molar-refractivity contribution is 9.10. The van der Waals surface area contributed by atoms with Crippen LogP contribution in [-0.4, -0.2) is 7.05 Å². The van der Waals surface area contributed by atoms with Crippen molar-refractivity contribution in [2.24, 2.45) is 0 Å². The summed E-state index contributed by atoms with van der Waals surface area (Å²) in [5.41, 5.74) is 6.02. The Bertz CT molecular complexity index is 595. The Morgan fingerprint density at radius 3 is 2.42 bits per heavy atom. The molecule has 2 rings (SSSR count). The molecule has 3 heteroatoms. The van der Waals surface area contributed by atoms with Gasteiger partial charge in [0.15, 0.2) is 0 Å². The van der Waals surface area contributed by atoms with Gasteiger partial charge in [0.2, 0.25) is 0 Å². The molecular weight excluding hydrogens is 322 g/mol. The van der Waals surface area contributed by atoms with Crippen molar-refractivity contribution in [3.05, 3.63) is 57.6 Å². The lowest BCUT2D eigenvalue weighted by Crippen LogP contribution is -2.12. The standard InChI is InChI=1S/C16H17BrClN/c1-11-4-7-15(12(2)8-11)19(3)16-9-14(17)6-5-13(16)10-18/h4-9H,10H2,1-3H3. The average molecular weight is 339 g/mol. The molecule has 0 fully saturated rings. The lowest BCUT2D eigenvalue weighted by atomic mass is 10.1. The van der Waals surface area contributed by atoms with Gasteiger partial charge in [0, 0.05) is 28.8 Å². The Hall–Kier alpha value is -0.990. The average Bonchev–Trinajstić information content (AvgIpc) is 2.38. The van der Waals surface area contributed by atoms with Gasteiger partial charge in [-0.25, -0.2) is 0 Å². The zero-order valence-corrected chi connectivity index (χ0v) is 13.7. The van der Waals surface area contributed by atoms with Crippen LogP contribution in [0.4, 0.5) is 11.4 Å². The van der Waals surface area contributed by atoms with E-state index in [2.05, 4.69) is 72.1 Å². The van der Waals surface area contributed by atoms with Crippen LogP contribution >= 0.6 is 27.5 Å². The van der Waals surface area contributed by atoms with E-state index < -0.39 is 0 Å². The molecule has 0 saturated heterocycles. The van der Waals surface area contributed by atoms with Crippen molar-refractivity contribution in [2.45, 2.75) is 19.7 Å². The molecule has 2 aromatic carbocycles. The van der Waals surface area contributed by atoms with Crippen molar-refractivity contribution >= 4 is 38.9 Å². The second kappa shape index (κ2) is 5.98. The minimum atomic E-state index is 0.512. The van der Waals surface area contributed by atoms with Gasteiger partial charge in [-0.2, -0.15) is 0 Å². The van der Waals surface area contributed by atoms with Crippen LogP contribution in [0.1, 0.15) is 16.7 Å². The summed E-state index contributed by atoms with van der Waals surface area (Å²) in [7, 11) is 2.08. The Morgan fingerprint density at radius 2 is 1.79 bits per heavy atom. The molecule has 0 heterocycles. The van der Waals surface area contributed by atoms with Crippen LogP contribution in [0.15, 0.2) is 40.9 Å². The minimum Gasteiger partial charge on any atom is -0.344 e. The third kappa shape index (κ3) is 3.13. The van der Waals surface area contributed by atoms with E-state index in [-0.39, 0.29) is 0 Å². The van der Waals surface area contributed by atoms with Gasteiger partial charge in [-0.05, 0) is 43.2 Å². The van der Waals surface area contributed by atoms with Crippen LogP contribution in [0.3, 0.4) is 0 Å². The van der Waals surface area contributed by atoms with Crippen LogP contribution in [0, 0.1) is 13.8 Å². The maximum absolute atomic E-state index is 6.04. The zero-order chi connectivity index (χ0) is 14.0. The minimum absolute atomic E-state index is 0.512. The van der Waals surface area contributed by atoms with Crippen LogP contribution in [0.25, 0.3) is 0 Å². The summed E-state index contributed by atoms with van der Waals surface area (Å²) < 4.78 is 1.06. The molecule has 0 saturated carbocycles. The molecule has 19 heavy (non-hydrogen) atoms. The van der Waals surface area contributed by atoms with Crippen LogP contribution in [0.2, 0.25) is 0 Å². The van der Waals surface area contributed by atoms with Gasteiger partial charge in [0.05, 0.1) is 0 Å². The molecule has 1 nitrogen and oxygen atoms in total. The summed E-state index contributed by atoms with van der Waals surface area (Å²) in [6.07, 6.45) is 0. The summed E-state index contributed by atoms with van der Waals surface area (Å²) in [6.45, 7) is 4.25. The number of alkyl halides is 1. The summed E-state index contributed by atoms with van der Waals surface area (Å²) in [5, 5.41) is 0. The Balaban J connectivity index is 2.49. The lowest BCUT2D eigenvalue weighted by molar-refractivity contribution is 1.15. The smallest absolute Gasteiger partial charge is 0.0494 e. The molecule has 0 radical (unpaired) electrons. The van der Waals surface area contributed by atoms with Gasteiger partial charge in [-0.3, -0.25) is 0 Å². The number of rotatable bonds is 3. The topological polar surface area (TPSA) is 3.24 Å². The molecule has 0 aromatic heterocycles. The van der Waals surface area contributed by atoms with Gasteiger partial charge in [-0.15, -0.1) is 11.6 Å². The highest BCUT2D eigenvalue weighted by Crippen LogP contribution is 2.32. The monoisotopic (exact) mass is 337 g/mol. The number of hydrogen-bond acceptors (Lipinski definition) is 1. The van der Waals surface area contributed by atoms with Crippen molar-refractivity contribution in [2.75, 3.05) is 11.9 Å². The number of nitrogens with zero attached hydrogens (tertiary/aromatic N) is 1. The third-order valence-corrected chi connectivity index (χ3v) is 4.05. The van der Waals surface area contributed by atoms with Crippen molar-refractivity contribution in [3.63, 3.8) is 0 Å². The van der Waals surface area contributed by atoms with Crippen LogP contribution in [-0.2, 0) is 5.88 Å². The molecule has 100 valence electrons. The molecule has 0 amide bonds. The van der Waals surface area contributed by atoms with Gasteiger partial charge in [0.25, 0.3) is 0 Å². The van der Waals surface area contributed by atoms with Crippen molar-refractivity contribution in [1.82, 2.24) is 0 Å². The predicted octanol–water partition coefficient (Wildman–Crippen LogP) is 5.57. The van der Waals surface area contributed by atoms with E-state index in [0.29, 0.717) is 5.88 Å². The molecule has 2 aromatic rings. The molecule has 0 aliphatic rings. The first-order valence-electron chi connectivity index (χ1n) is 6.18. The third-order valence-electron chi connectivity index (χ3n) is 3.27. The quantitative estimate of drug-likeness (QED) is 0.661. The number of aryl methyl sites for hydroxylation is 2. The lowest BCUT2D eigenvalue weighted by Gasteiger charge is -2.24. The van der Waals surface area contributed by atoms with E-state index in [9.17, 15) is 0 Å². The normalized spacial score (nSPS) is 10.6. The molecule has 0 aliphatic heterocycles. The molecule has 0 atom stereocenters. The summed E-state index contributed by atoms with van der Waals surface area (Å²) in [6, 6.07) is 12.7. The number of halogens is 2. The summed E-state index contributed by atoms with van der Waals surface area (Å²) >= 11 is 9.57. The van der Waals surface area contributed by atoms with Gasteiger partial charge in [0.1, 0.15) is 0 Å². The Kier molecular flexibility index (Phi) is 4.54. The fourth-order valence-electron chi connectivity index (χ4n) is 2.27. The van der Waals surface area contributed by atoms with Crippen molar-refractivity contribution in [1.29, 1.82) is 0 Å².